The van der Waals surface area contributed by atoms with Gasteiger partial charge in [0.25, 0.3) is 0 Å². The van der Waals surface area contributed by atoms with Crippen molar-refractivity contribution in [3.8, 4) is 0 Å². The van der Waals surface area contributed by atoms with Crippen LogP contribution in [0.15, 0.2) is 0 Å². The third-order valence-corrected chi connectivity index (χ3v) is 3.65. The number of hydrogen-bond acceptors (Lipinski definition) is 2. The first-order valence-corrected chi connectivity index (χ1v) is 6.92. The summed E-state index contributed by atoms with van der Waals surface area (Å²) in [6.45, 7) is 8.72. The molecule has 2 nitrogen and oxygen atoms in total. The number of hydrogen-bond donors (Lipinski definition) is 1. The maximum Gasteiger partial charge on any atom is 0.0612 e. The largest absolute Gasteiger partial charge is 0.373 e. The second-order valence-electron chi connectivity index (χ2n) is 6.58. The second kappa shape index (κ2) is 4.66. The van der Waals surface area contributed by atoms with E-state index in [1.807, 2.05) is 0 Å². The lowest BCUT2D eigenvalue weighted by Crippen LogP contribution is -2.48. The van der Waals surface area contributed by atoms with Crippen LogP contribution in [0.5, 0.6) is 0 Å². The Morgan fingerprint density at radius 3 is 2.44 bits per heavy atom. The summed E-state index contributed by atoms with van der Waals surface area (Å²) in [7, 11) is 0. The molecule has 0 heterocycles. The molecule has 2 saturated carbocycles. The molecule has 0 saturated heterocycles. The maximum absolute atomic E-state index is 5.94. The molecule has 0 aromatic heterocycles. The summed E-state index contributed by atoms with van der Waals surface area (Å²) >= 11 is 0. The van der Waals surface area contributed by atoms with Gasteiger partial charge in [-0.1, -0.05) is 13.3 Å². The molecule has 2 fully saturated rings. The Bertz CT molecular complexity index is 227. The van der Waals surface area contributed by atoms with Gasteiger partial charge in [-0.15, -0.1) is 0 Å². The zero-order valence-corrected chi connectivity index (χ0v) is 11.3. The van der Waals surface area contributed by atoms with Crippen molar-refractivity contribution in [1.29, 1.82) is 0 Å². The van der Waals surface area contributed by atoms with Crippen LogP contribution in [-0.2, 0) is 4.74 Å². The lowest BCUT2D eigenvalue weighted by Gasteiger charge is -2.40. The van der Waals surface area contributed by atoms with Crippen LogP contribution in [0.25, 0.3) is 0 Å². The molecule has 0 radical (unpaired) electrons. The van der Waals surface area contributed by atoms with Crippen molar-refractivity contribution in [3.05, 3.63) is 0 Å². The Morgan fingerprint density at radius 1 is 1.19 bits per heavy atom. The first-order chi connectivity index (χ1) is 7.48. The van der Waals surface area contributed by atoms with E-state index in [4.69, 9.17) is 4.74 Å². The summed E-state index contributed by atoms with van der Waals surface area (Å²) in [5.41, 5.74) is 0.0277. The molecule has 0 bridgehead atoms. The monoisotopic (exact) mass is 225 g/mol. The van der Waals surface area contributed by atoms with Gasteiger partial charge in [0.15, 0.2) is 0 Å². The van der Waals surface area contributed by atoms with Gasteiger partial charge in [0, 0.05) is 12.1 Å². The van der Waals surface area contributed by atoms with Crippen molar-refractivity contribution in [2.24, 2.45) is 5.92 Å². The molecule has 1 N–H and O–H groups in total. The third-order valence-electron chi connectivity index (χ3n) is 3.65. The van der Waals surface area contributed by atoms with Crippen LogP contribution in [-0.4, -0.2) is 23.8 Å². The number of ether oxygens (including phenoxy) is 1. The molecule has 0 aromatic carbocycles. The van der Waals surface area contributed by atoms with Crippen LogP contribution in [0.2, 0.25) is 0 Å². The van der Waals surface area contributed by atoms with E-state index in [9.17, 15) is 0 Å². The predicted octanol–water partition coefficient (Wildman–Crippen LogP) is 3.11. The van der Waals surface area contributed by atoms with Gasteiger partial charge in [0.2, 0.25) is 0 Å². The van der Waals surface area contributed by atoms with E-state index in [-0.39, 0.29) is 5.60 Å². The molecule has 0 amide bonds. The highest BCUT2D eigenvalue weighted by atomic mass is 16.5. The van der Waals surface area contributed by atoms with Gasteiger partial charge in [0.05, 0.1) is 11.7 Å². The van der Waals surface area contributed by atoms with Crippen LogP contribution < -0.4 is 5.32 Å². The predicted molar refractivity (Wildman–Crippen MR) is 67.6 cm³/mol. The van der Waals surface area contributed by atoms with E-state index in [2.05, 4.69) is 33.0 Å². The van der Waals surface area contributed by atoms with Crippen molar-refractivity contribution in [2.75, 3.05) is 0 Å². The highest BCUT2D eigenvalue weighted by molar-refractivity contribution is 4.98. The number of nitrogens with one attached hydrogen (secondary N) is 1. The fourth-order valence-electron chi connectivity index (χ4n) is 2.74. The number of rotatable bonds is 5. The molecular weight excluding hydrogens is 198 g/mol. The Hall–Kier alpha value is -0.0800. The molecule has 0 aliphatic heterocycles. The first kappa shape index (κ1) is 12.4. The Kier molecular flexibility index (Phi) is 3.60. The lowest BCUT2D eigenvalue weighted by atomic mass is 9.88. The summed E-state index contributed by atoms with van der Waals surface area (Å²) in [6, 6.07) is 1.57. The Labute approximate surface area is 100 Å². The van der Waals surface area contributed by atoms with E-state index < -0.39 is 0 Å². The summed E-state index contributed by atoms with van der Waals surface area (Å²) in [5, 5.41) is 3.76. The van der Waals surface area contributed by atoms with Gasteiger partial charge in [-0.3, -0.25) is 0 Å². The van der Waals surface area contributed by atoms with Crippen molar-refractivity contribution in [1.82, 2.24) is 5.32 Å². The fourth-order valence-corrected chi connectivity index (χ4v) is 2.74. The van der Waals surface area contributed by atoms with E-state index >= 15 is 0 Å². The van der Waals surface area contributed by atoms with Gasteiger partial charge >= 0.3 is 0 Å². The van der Waals surface area contributed by atoms with Crippen LogP contribution in [0, 0.1) is 5.92 Å². The molecule has 2 aliphatic carbocycles. The van der Waals surface area contributed by atoms with Crippen molar-refractivity contribution in [2.45, 2.75) is 83.6 Å². The summed E-state index contributed by atoms with van der Waals surface area (Å²) in [6.07, 6.45) is 7.09. The average Bonchev–Trinajstić information content (AvgIpc) is 2.78. The minimum atomic E-state index is 0.0277. The summed E-state index contributed by atoms with van der Waals surface area (Å²) < 4.78 is 5.94. The fraction of sp³-hybridized carbons (Fsp3) is 1.00. The highest BCUT2D eigenvalue weighted by Crippen LogP contribution is 2.37. The zero-order chi connectivity index (χ0) is 11.8. The molecule has 94 valence electrons. The minimum Gasteiger partial charge on any atom is -0.373 e. The molecule has 2 unspecified atom stereocenters. The summed E-state index contributed by atoms with van der Waals surface area (Å²) in [5.74, 6) is 0.979. The quantitative estimate of drug-likeness (QED) is 0.776. The van der Waals surface area contributed by atoms with E-state index in [0.29, 0.717) is 6.10 Å². The maximum atomic E-state index is 5.94. The van der Waals surface area contributed by atoms with Crippen LogP contribution in [0.1, 0.15) is 59.8 Å². The average molecular weight is 225 g/mol. The smallest absolute Gasteiger partial charge is 0.0612 e. The highest BCUT2D eigenvalue weighted by Gasteiger charge is 2.41. The van der Waals surface area contributed by atoms with Crippen LogP contribution in [0.3, 0.4) is 0 Å². The summed E-state index contributed by atoms with van der Waals surface area (Å²) in [4.78, 5) is 0. The van der Waals surface area contributed by atoms with Crippen molar-refractivity contribution in [3.63, 3.8) is 0 Å². The van der Waals surface area contributed by atoms with Crippen molar-refractivity contribution >= 4 is 0 Å². The van der Waals surface area contributed by atoms with E-state index in [1.165, 1.54) is 32.1 Å². The normalized spacial score (nSPS) is 38.2. The molecule has 0 spiro atoms. The zero-order valence-electron chi connectivity index (χ0n) is 11.3. The Balaban J connectivity index is 1.56. The van der Waals surface area contributed by atoms with Gasteiger partial charge in [-0.25, -0.2) is 0 Å². The van der Waals surface area contributed by atoms with Gasteiger partial charge in [-0.2, -0.15) is 0 Å². The second-order valence-corrected chi connectivity index (χ2v) is 6.58. The molecular formula is C14H27NO. The van der Waals surface area contributed by atoms with Gasteiger partial charge < -0.3 is 10.1 Å². The lowest BCUT2D eigenvalue weighted by molar-refractivity contribution is -0.102. The molecule has 16 heavy (non-hydrogen) atoms. The first-order valence-electron chi connectivity index (χ1n) is 6.92. The SMILES string of the molecule is CCCC1CC1NC1CC(OC(C)(C)C)C1. The van der Waals surface area contributed by atoms with Crippen LogP contribution >= 0.6 is 0 Å². The van der Waals surface area contributed by atoms with Gasteiger partial charge in [-0.05, 0) is 52.4 Å². The van der Waals surface area contributed by atoms with Crippen LogP contribution in [0.4, 0.5) is 0 Å². The minimum absolute atomic E-state index is 0.0277. The van der Waals surface area contributed by atoms with Gasteiger partial charge in [0.1, 0.15) is 0 Å². The van der Waals surface area contributed by atoms with E-state index in [1.54, 1.807) is 0 Å². The molecule has 2 heteroatoms. The molecule has 2 rings (SSSR count). The topological polar surface area (TPSA) is 21.3 Å². The molecule has 2 aliphatic rings. The van der Waals surface area contributed by atoms with Crippen molar-refractivity contribution < 1.29 is 4.74 Å². The molecule has 2 atom stereocenters. The molecule has 0 aromatic rings. The Morgan fingerprint density at radius 2 is 1.88 bits per heavy atom. The van der Waals surface area contributed by atoms with E-state index in [0.717, 1.165) is 18.0 Å². The third kappa shape index (κ3) is 3.46. The standard InChI is InChI=1S/C14H27NO/c1-5-6-10-7-13(10)15-11-8-12(9-11)16-14(2,3)4/h10-13,15H,5-9H2,1-4H3.